The number of nitrogens with two attached hydrogens (primary N) is 1. The molecule has 236 valence electrons. The fourth-order valence-corrected chi connectivity index (χ4v) is 7.23. The van der Waals surface area contributed by atoms with Crippen molar-refractivity contribution in [2.45, 2.75) is 44.4 Å². The van der Waals surface area contributed by atoms with Crippen molar-refractivity contribution in [2.75, 3.05) is 11.9 Å². The number of hydrogen-bond acceptors (Lipinski definition) is 15. The van der Waals surface area contributed by atoms with Gasteiger partial charge in [0.1, 0.15) is 18.7 Å². The summed E-state index contributed by atoms with van der Waals surface area (Å²) in [7, 11) is -16.7. The number of ether oxygens (including phenoxy) is 1. The van der Waals surface area contributed by atoms with E-state index in [0.29, 0.717) is 11.1 Å². The Bertz CT molecular complexity index is 1650. The molecule has 1 fully saturated rings. The van der Waals surface area contributed by atoms with E-state index in [2.05, 4.69) is 33.4 Å². The Hall–Kier alpha value is -2.74. The molecule has 0 spiro atoms. The van der Waals surface area contributed by atoms with Crippen molar-refractivity contribution in [3.8, 4) is 0 Å². The first kappa shape index (κ1) is 33.2. The van der Waals surface area contributed by atoms with Crippen LogP contribution < -0.4 is 11.1 Å². The van der Waals surface area contributed by atoms with Crippen molar-refractivity contribution in [1.29, 1.82) is 0 Å². The SMILES string of the molecule is CC(Nc1ncnc2c1ncn2[C@H]1CC(O)[C@@H](COP(=O)(O)OP(=O)(O)OP(=O)(O)O)O1)c1ccc(CN)cc1[N+](=O)[O-]. The number of aromatic nitrogens is 4. The standard InChI is InChI=1S/C19H26N7O14P3/c1-10(12-3-2-11(6-20)4-13(12)26(28)29)24-18-17-19(22-8-21-18)25(9-23-17)16-5-14(27)15(38-16)7-37-42(33,34)40-43(35,36)39-41(30,31)32/h2-4,8-10,14-16,27H,5-7,20H2,1H3,(H,33,34)(H,35,36)(H,21,22,24)(H2,30,31,32)/t10?,14?,15-,16-/m1/s1. The molecular weight excluding hydrogens is 643 g/mol. The minimum Gasteiger partial charge on any atom is -0.390 e. The van der Waals surface area contributed by atoms with Gasteiger partial charge in [0.15, 0.2) is 17.0 Å². The molecule has 1 aliphatic heterocycles. The third-order valence-corrected chi connectivity index (χ3v) is 9.84. The Labute approximate surface area is 241 Å². The second kappa shape index (κ2) is 12.7. The molecule has 8 N–H and O–H groups in total. The van der Waals surface area contributed by atoms with Crippen molar-refractivity contribution in [3.63, 3.8) is 0 Å². The Morgan fingerprint density at radius 2 is 1.91 bits per heavy atom. The summed E-state index contributed by atoms with van der Waals surface area (Å²) in [5, 5.41) is 25.1. The number of phosphoric acid groups is 3. The second-order valence-electron chi connectivity index (χ2n) is 9.09. The predicted molar refractivity (Wildman–Crippen MR) is 143 cm³/mol. The fourth-order valence-electron chi connectivity index (χ4n) is 4.20. The highest BCUT2D eigenvalue weighted by Gasteiger charge is 2.43. The number of imidazole rings is 1. The number of aliphatic hydroxyl groups is 1. The van der Waals surface area contributed by atoms with Crippen LogP contribution in [0.5, 0.6) is 0 Å². The lowest BCUT2D eigenvalue weighted by molar-refractivity contribution is -0.385. The van der Waals surface area contributed by atoms with Crippen LogP contribution in [0.15, 0.2) is 30.9 Å². The van der Waals surface area contributed by atoms with Crippen molar-refractivity contribution >= 4 is 46.1 Å². The molecule has 2 aromatic heterocycles. The molecule has 43 heavy (non-hydrogen) atoms. The number of nitrogens with zero attached hydrogens (tertiary/aromatic N) is 5. The van der Waals surface area contributed by atoms with Crippen LogP contribution in [0.25, 0.3) is 11.2 Å². The molecule has 1 aromatic carbocycles. The Balaban J connectivity index is 1.46. The Morgan fingerprint density at radius 1 is 1.19 bits per heavy atom. The minimum absolute atomic E-state index is 0.0846. The lowest BCUT2D eigenvalue weighted by Gasteiger charge is -2.19. The van der Waals surface area contributed by atoms with Crippen molar-refractivity contribution in [3.05, 3.63) is 52.1 Å². The van der Waals surface area contributed by atoms with Gasteiger partial charge >= 0.3 is 23.5 Å². The van der Waals surface area contributed by atoms with Crippen LogP contribution in [0.2, 0.25) is 0 Å². The number of rotatable bonds is 13. The highest BCUT2D eigenvalue weighted by molar-refractivity contribution is 7.66. The van der Waals surface area contributed by atoms with Crippen molar-refractivity contribution in [2.24, 2.45) is 5.73 Å². The van der Waals surface area contributed by atoms with Gasteiger partial charge in [-0.25, -0.2) is 28.6 Å². The first-order chi connectivity index (χ1) is 20.0. The molecule has 6 atom stereocenters. The monoisotopic (exact) mass is 669 g/mol. The molecule has 0 amide bonds. The Kier molecular flexibility index (Phi) is 9.80. The maximum atomic E-state index is 12.0. The van der Waals surface area contributed by atoms with Gasteiger partial charge in [-0.2, -0.15) is 8.62 Å². The number of nitrogens with one attached hydrogen (secondary N) is 1. The minimum atomic E-state index is -5.71. The van der Waals surface area contributed by atoms with E-state index < -0.39 is 59.5 Å². The van der Waals surface area contributed by atoms with E-state index in [-0.39, 0.29) is 35.6 Å². The zero-order valence-electron chi connectivity index (χ0n) is 21.9. The maximum absolute atomic E-state index is 12.0. The first-order valence-electron chi connectivity index (χ1n) is 12.0. The van der Waals surface area contributed by atoms with E-state index >= 15 is 0 Å². The summed E-state index contributed by atoms with van der Waals surface area (Å²) >= 11 is 0. The molecular formula is C19H26N7O14P3. The van der Waals surface area contributed by atoms with Gasteiger partial charge in [-0.3, -0.25) is 19.2 Å². The van der Waals surface area contributed by atoms with Gasteiger partial charge in [0, 0.05) is 19.0 Å². The van der Waals surface area contributed by atoms with E-state index in [1.165, 1.54) is 23.3 Å². The molecule has 4 rings (SSSR count). The summed E-state index contributed by atoms with van der Waals surface area (Å²) < 4.78 is 53.2. The van der Waals surface area contributed by atoms with Crippen LogP contribution in [-0.2, 0) is 38.1 Å². The molecule has 3 aromatic rings. The zero-order chi connectivity index (χ0) is 31.7. The smallest absolute Gasteiger partial charge is 0.390 e. The molecule has 24 heteroatoms. The van der Waals surface area contributed by atoms with Crippen LogP contribution in [0, 0.1) is 10.1 Å². The zero-order valence-corrected chi connectivity index (χ0v) is 24.6. The number of nitro groups is 1. The molecule has 4 unspecified atom stereocenters. The number of nitro benzene ring substituents is 1. The first-order valence-corrected chi connectivity index (χ1v) is 16.5. The van der Waals surface area contributed by atoms with E-state index in [9.17, 15) is 38.7 Å². The molecule has 1 saturated heterocycles. The predicted octanol–water partition coefficient (Wildman–Crippen LogP) is 1.36. The van der Waals surface area contributed by atoms with Gasteiger partial charge in [0.25, 0.3) is 5.69 Å². The summed E-state index contributed by atoms with van der Waals surface area (Å²) in [6.45, 7) is 0.965. The number of anilines is 1. The topological polar surface area (TPSA) is 314 Å². The van der Waals surface area contributed by atoms with Gasteiger partial charge in [0.05, 0.1) is 35.6 Å². The largest absolute Gasteiger partial charge is 0.490 e. The van der Waals surface area contributed by atoms with Crippen LogP contribution in [0.3, 0.4) is 0 Å². The lowest BCUT2D eigenvalue weighted by atomic mass is 10.0. The lowest BCUT2D eigenvalue weighted by Crippen LogP contribution is -2.26. The average molecular weight is 669 g/mol. The third-order valence-electron chi connectivity index (χ3n) is 6.04. The van der Waals surface area contributed by atoms with Gasteiger partial charge in [0.2, 0.25) is 0 Å². The number of phosphoric ester groups is 1. The van der Waals surface area contributed by atoms with E-state index in [4.69, 9.17) is 20.3 Å². The van der Waals surface area contributed by atoms with Crippen molar-refractivity contribution in [1.82, 2.24) is 19.5 Å². The highest BCUT2D eigenvalue weighted by atomic mass is 31.3. The summed E-state index contributed by atoms with van der Waals surface area (Å²) in [6, 6.07) is 4.06. The molecule has 21 nitrogen and oxygen atoms in total. The highest BCUT2D eigenvalue weighted by Crippen LogP contribution is 2.66. The Morgan fingerprint density at radius 3 is 2.56 bits per heavy atom. The maximum Gasteiger partial charge on any atom is 0.490 e. The van der Waals surface area contributed by atoms with Gasteiger partial charge in [-0.1, -0.05) is 6.07 Å². The van der Waals surface area contributed by atoms with Crippen LogP contribution in [0.4, 0.5) is 11.5 Å². The fraction of sp³-hybridized carbons (Fsp3) is 0.421. The number of hydrogen-bond donors (Lipinski definition) is 7. The van der Waals surface area contributed by atoms with Crippen LogP contribution >= 0.6 is 23.5 Å². The summed E-state index contributed by atoms with van der Waals surface area (Å²) in [6.07, 6.45) is -1.04. The van der Waals surface area contributed by atoms with E-state index in [1.807, 2.05) is 0 Å². The molecule has 3 heterocycles. The molecule has 1 aliphatic rings. The van der Waals surface area contributed by atoms with Crippen molar-refractivity contribution < 1.29 is 61.2 Å². The van der Waals surface area contributed by atoms with Gasteiger partial charge in [-0.15, -0.1) is 0 Å². The summed E-state index contributed by atoms with van der Waals surface area (Å²) in [5.41, 5.74) is 6.92. The summed E-state index contributed by atoms with van der Waals surface area (Å²) in [4.78, 5) is 59.9. The van der Waals surface area contributed by atoms with Crippen LogP contribution in [0.1, 0.15) is 36.7 Å². The molecule has 0 radical (unpaired) electrons. The second-order valence-corrected chi connectivity index (χ2v) is 13.5. The van der Waals surface area contributed by atoms with E-state index in [0.717, 1.165) is 0 Å². The third kappa shape index (κ3) is 8.25. The van der Waals surface area contributed by atoms with E-state index in [1.54, 1.807) is 19.1 Å². The van der Waals surface area contributed by atoms with Crippen LogP contribution in [-0.4, -0.2) is 67.9 Å². The molecule has 0 saturated carbocycles. The molecule has 0 aliphatic carbocycles. The summed E-state index contributed by atoms with van der Waals surface area (Å²) in [5.74, 6) is 0.233. The van der Waals surface area contributed by atoms with Gasteiger partial charge in [-0.05, 0) is 18.6 Å². The van der Waals surface area contributed by atoms with Gasteiger partial charge < -0.3 is 40.5 Å². The normalized spacial score (nSPS) is 22.6. The quantitative estimate of drug-likeness (QED) is 0.0767. The average Bonchev–Trinajstić information content (AvgIpc) is 3.48. The number of fused-ring (bicyclic) bond motifs is 1. The number of benzene rings is 1. The number of aliphatic hydroxyl groups excluding tert-OH is 1. The molecule has 0 bridgehead atoms.